The van der Waals surface area contributed by atoms with Gasteiger partial charge in [0.1, 0.15) is 0 Å². The summed E-state index contributed by atoms with van der Waals surface area (Å²) >= 11 is 0. The van der Waals surface area contributed by atoms with E-state index >= 15 is 0 Å². The second-order valence-corrected chi connectivity index (χ2v) is 7.83. The van der Waals surface area contributed by atoms with Gasteiger partial charge in [0.05, 0.1) is 5.60 Å². The Morgan fingerprint density at radius 3 is 2.58 bits per heavy atom. The monoisotopic (exact) mass is 264 g/mol. The maximum Gasteiger partial charge on any atom is 0.0647 e. The summed E-state index contributed by atoms with van der Waals surface area (Å²) in [6.07, 6.45) is 7.69. The van der Waals surface area contributed by atoms with Gasteiger partial charge in [0.15, 0.2) is 0 Å². The van der Waals surface area contributed by atoms with Crippen molar-refractivity contribution in [2.24, 2.45) is 11.8 Å². The fourth-order valence-electron chi connectivity index (χ4n) is 5.40. The number of aliphatic hydroxyl groups is 1. The van der Waals surface area contributed by atoms with Gasteiger partial charge in [-0.3, -0.25) is 9.80 Å². The summed E-state index contributed by atoms with van der Waals surface area (Å²) in [6.45, 7) is 7.11. The normalized spacial score (nSPS) is 51.5. The molecule has 4 aliphatic rings. The maximum atomic E-state index is 10.4. The summed E-state index contributed by atoms with van der Waals surface area (Å²) in [4.78, 5) is 5.52. The molecule has 5 atom stereocenters. The van der Waals surface area contributed by atoms with E-state index in [9.17, 15) is 5.11 Å². The zero-order valence-corrected chi connectivity index (χ0v) is 12.2. The molecule has 0 saturated carbocycles. The molecule has 4 fully saturated rings. The van der Waals surface area contributed by atoms with E-state index < -0.39 is 5.60 Å². The lowest BCUT2D eigenvalue weighted by Crippen LogP contribution is -2.65. The van der Waals surface area contributed by atoms with Gasteiger partial charge in [-0.2, -0.15) is 0 Å². The third-order valence-corrected chi connectivity index (χ3v) is 6.35. The first-order chi connectivity index (χ1) is 9.12. The molecule has 3 heteroatoms. The van der Waals surface area contributed by atoms with Crippen molar-refractivity contribution in [3.63, 3.8) is 0 Å². The van der Waals surface area contributed by atoms with Crippen LogP contribution in [0.3, 0.4) is 0 Å². The van der Waals surface area contributed by atoms with Crippen LogP contribution in [-0.2, 0) is 0 Å². The first-order valence-corrected chi connectivity index (χ1v) is 8.33. The number of hydrogen-bond donors (Lipinski definition) is 1. The molecule has 3 nitrogen and oxygen atoms in total. The van der Waals surface area contributed by atoms with E-state index in [0.717, 1.165) is 37.3 Å². The second-order valence-electron chi connectivity index (χ2n) is 7.83. The molecule has 4 saturated heterocycles. The van der Waals surface area contributed by atoms with Gasteiger partial charge in [-0.05, 0) is 57.4 Å². The summed E-state index contributed by atoms with van der Waals surface area (Å²) in [5, 5.41) is 10.4. The first kappa shape index (κ1) is 12.6. The molecule has 4 heterocycles. The van der Waals surface area contributed by atoms with Crippen LogP contribution in [0.5, 0.6) is 0 Å². The minimum absolute atomic E-state index is 0.410. The van der Waals surface area contributed by atoms with E-state index in [1.165, 1.54) is 45.3 Å². The fraction of sp³-hybridized carbons (Fsp3) is 1.00. The Kier molecular flexibility index (Phi) is 2.95. The molecule has 0 unspecified atom stereocenters. The third kappa shape index (κ3) is 2.14. The first-order valence-electron chi connectivity index (χ1n) is 8.33. The van der Waals surface area contributed by atoms with Crippen LogP contribution in [0.1, 0.15) is 45.4 Å². The molecule has 0 aromatic heterocycles. The van der Waals surface area contributed by atoms with E-state index in [1.54, 1.807) is 0 Å². The lowest BCUT2D eigenvalue weighted by Gasteiger charge is -2.58. The van der Waals surface area contributed by atoms with Crippen molar-refractivity contribution in [1.82, 2.24) is 9.80 Å². The van der Waals surface area contributed by atoms with E-state index in [0.29, 0.717) is 6.04 Å². The summed E-state index contributed by atoms with van der Waals surface area (Å²) in [6, 6.07) is 1.54. The van der Waals surface area contributed by atoms with Gasteiger partial charge in [-0.1, -0.05) is 6.42 Å². The summed E-state index contributed by atoms with van der Waals surface area (Å²) < 4.78 is 0. The van der Waals surface area contributed by atoms with Crippen molar-refractivity contribution in [2.75, 3.05) is 26.2 Å². The highest BCUT2D eigenvalue weighted by atomic mass is 16.3. The molecule has 0 radical (unpaired) electrons. The Morgan fingerprint density at radius 1 is 1.00 bits per heavy atom. The molecule has 4 aliphatic heterocycles. The second kappa shape index (κ2) is 4.44. The Bertz CT molecular complexity index is 357. The number of nitrogens with zero attached hydrogens (tertiary/aromatic N) is 2. The zero-order chi connectivity index (χ0) is 13.0. The van der Waals surface area contributed by atoms with Gasteiger partial charge in [-0.15, -0.1) is 0 Å². The van der Waals surface area contributed by atoms with E-state index in [-0.39, 0.29) is 0 Å². The summed E-state index contributed by atoms with van der Waals surface area (Å²) in [5.74, 6) is 1.73. The van der Waals surface area contributed by atoms with Crippen LogP contribution < -0.4 is 0 Å². The molecule has 0 aliphatic carbocycles. The Balaban J connectivity index is 1.55. The molecule has 4 rings (SSSR count). The van der Waals surface area contributed by atoms with Crippen molar-refractivity contribution in [2.45, 2.75) is 63.1 Å². The zero-order valence-electron chi connectivity index (χ0n) is 12.2. The minimum Gasteiger partial charge on any atom is -0.390 e. The fourth-order valence-corrected chi connectivity index (χ4v) is 5.40. The molecule has 1 N–H and O–H groups in total. The van der Waals surface area contributed by atoms with Crippen molar-refractivity contribution in [3.8, 4) is 0 Å². The van der Waals surface area contributed by atoms with Crippen LogP contribution in [0.4, 0.5) is 0 Å². The SMILES string of the molecule is C[C@]1(O)CCN2C[C@@H]3C[C@@H](CN4CCCC[C@H]34)[C@@H]2C1. The average molecular weight is 264 g/mol. The Labute approximate surface area is 117 Å². The van der Waals surface area contributed by atoms with E-state index in [2.05, 4.69) is 9.80 Å². The molecular weight excluding hydrogens is 236 g/mol. The molecule has 0 aromatic carbocycles. The highest BCUT2D eigenvalue weighted by Gasteiger charge is 2.49. The highest BCUT2D eigenvalue weighted by Crippen LogP contribution is 2.44. The lowest BCUT2D eigenvalue weighted by atomic mass is 9.69. The molecular formula is C16H28N2O. The third-order valence-electron chi connectivity index (χ3n) is 6.35. The highest BCUT2D eigenvalue weighted by molar-refractivity contribution is 5.03. The topological polar surface area (TPSA) is 26.7 Å². The van der Waals surface area contributed by atoms with Crippen LogP contribution in [0.15, 0.2) is 0 Å². The summed E-state index contributed by atoms with van der Waals surface area (Å²) in [7, 11) is 0. The van der Waals surface area contributed by atoms with Gasteiger partial charge >= 0.3 is 0 Å². The summed E-state index contributed by atoms with van der Waals surface area (Å²) in [5.41, 5.74) is -0.410. The van der Waals surface area contributed by atoms with Crippen molar-refractivity contribution in [3.05, 3.63) is 0 Å². The maximum absolute atomic E-state index is 10.4. The van der Waals surface area contributed by atoms with Crippen molar-refractivity contribution >= 4 is 0 Å². The smallest absolute Gasteiger partial charge is 0.0647 e. The van der Waals surface area contributed by atoms with Crippen molar-refractivity contribution < 1.29 is 5.11 Å². The van der Waals surface area contributed by atoms with Crippen LogP contribution in [0.2, 0.25) is 0 Å². The number of piperidine rings is 4. The average Bonchev–Trinajstić information content (AvgIpc) is 2.40. The van der Waals surface area contributed by atoms with Crippen LogP contribution in [0.25, 0.3) is 0 Å². The molecule has 0 amide bonds. The van der Waals surface area contributed by atoms with E-state index in [4.69, 9.17) is 0 Å². The predicted octanol–water partition coefficient (Wildman–Crippen LogP) is 1.71. The molecule has 2 bridgehead atoms. The van der Waals surface area contributed by atoms with Gasteiger partial charge in [0.25, 0.3) is 0 Å². The predicted molar refractivity (Wildman–Crippen MR) is 76.0 cm³/mol. The van der Waals surface area contributed by atoms with Gasteiger partial charge in [-0.25, -0.2) is 0 Å². The number of rotatable bonds is 0. The standard InChI is InChI=1S/C16H28N2O/c1-16(19)5-7-18-10-12-8-13(15(18)9-16)11-17-6-3-2-4-14(12)17/h12-15,19H,2-11H2,1H3/t12-,13-,14+,15-,16-/m0/s1. The number of hydrogen-bond acceptors (Lipinski definition) is 3. The largest absolute Gasteiger partial charge is 0.390 e. The molecule has 0 spiro atoms. The minimum atomic E-state index is -0.410. The van der Waals surface area contributed by atoms with Gasteiger partial charge in [0, 0.05) is 31.7 Å². The molecule has 0 aromatic rings. The molecule has 19 heavy (non-hydrogen) atoms. The van der Waals surface area contributed by atoms with E-state index in [1.807, 2.05) is 6.92 Å². The lowest BCUT2D eigenvalue weighted by molar-refractivity contribution is -0.114. The van der Waals surface area contributed by atoms with Crippen LogP contribution in [-0.4, -0.2) is 58.8 Å². The Morgan fingerprint density at radius 2 is 1.74 bits per heavy atom. The van der Waals surface area contributed by atoms with Gasteiger partial charge < -0.3 is 5.11 Å². The Hall–Kier alpha value is -0.120. The van der Waals surface area contributed by atoms with Crippen molar-refractivity contribution in [1.29, 1.82) is 0 Å². The quantitative estimate of drug-likeness (QED) is 0.721. The van der Waals surface area contributed by atoms with Crippen LogP contribution in [0, 0.1) is 11.8 Å². The number of fused-ring (bicyclic) bond motifs is 6. The molecule has 108 valence electrons. The van der Waals surface area contributed by atoms with Crippen LogP contribution >= 0.6 is 0 Å². The van der Waals surface area contributed by atoms with Gasteiger partial charge in [0.2, 0.25) is 0 Å².